The van der Waals surface area contributed by atoms with Crippen LogP contribution in [0.4, 0.5) is 5.69 Å². The number of rotatable bonds is 5. The molecule has 0 fully saturated rings. The lowest BCUT2D eigenvalue weighted by molar-refractivity contribution is 0.588. The van der Waals surface area contributed by atoms with Crippen LogP contribution >= 0.6 is 23.2 Å². The zero-order chi connectivity index (χ0) is 19.0. The maximum atomic E-state index is 12.7. The standard InChI is InChI=1S/C15H16Cl2N2O4S2/c1-9-8-13(16)10(2)15(14(9)17)25(22,23)19-11-4-6-12(7-5-11)24(20,21)18-3/h4-8,18-19H,1-3H3. The number of anilines is 1. The summed E-state index contributed by atoms with van der Waals surface area (Å²) in [6.07, 6.45) is 0. The molecule has 2 aromatic rings. The van der Waals surface area contributed by atoms with Crippen LogP contribution in [0.2, 0.25) is 10.0 Å². The lowest BCUT2D eigenvalue weighted by Gasteiger charge is -2.15. The van der Waals surface area contributed by atoms with Crippen LogP contribution in [-0.4, -0.2) is 23.9 Å². The predicted molar refractivity (Wildman–Crippen MR) is 99.4 cm³/mol. The summed E-state index contributed by atoms with van der Waals surface area (Å²) in [5, 5.41) is 0.376. The zero-order valence-corrected chi connectivity index (χ0v) is 16.7. The summed E-state index contributed by atoms with van der Waals surface area (Å²) in [5.41, 5.74) is 1.07. The van der Waals surface area contributed by atoms with Gasteiger partial charge < -0.3 is 0 Å². The van der Waals surface area contributed by atoms with Gasteiger partial charge in [0, 0.05) is 10.7 Å². The minimum absolute atomic E-state index is 0.0192. The molecule has 6 nitrogen and oxygen atoms in total. The number of hydrogen-bond acceptors (Lipinski definition) is 4. The van der Waals surface area contributed by atoms with Crippen LogP contribution in [0.25, 0.3) is 0 Å². The Labute approximate surface area is 157 Å². The van der Waals surface area contributed by atoms with Gasteiger partial charge in [0.2, 0.25) is 10.0 Å². The summed E-state index contributed by atoms with van der Waals surface area (Å²) in [4.78, 5) is -0.0862. The molecule has 25 heavy (non-hydrogen) atoms. The Bertz CT molecular complexity index is 992. The Morgan fingerprint density at radius 3 is 2.00 bits per heavy atom. The molecule has 0 aromatic heterocycles. The molecule has 0 saturated heterocycles. The van der Waals surface area contributed by atoms with Crippen LogP contribution in [0, 0.1) is 13.8 Å². The van der Waals surface area contributed by atoms with Gasteiger partial charge in [-0.05, 0) is 62.4 Å². The fraction of sp³-hybridized carbons (Fsp3) is 0.200. The molecule has 0 unspecified atom stereocenters. The number of hydrogen-bond donors (Lipinski definition) is 2. The molecule has 0 aliphatic heterocycles. The molecule has 0 spiro atoms. The Morgan fingerprint density at radius 1 is 0.920 bits per heavy atom. The van der Waals surface area contributed by atoms with E-state index in [0.29, 0.717) is 11.1 Å². The summed E-state index contributed by atoms with van der Waals surface area (Å²) in [7, 11) is -6.32. The number of benzene rings is 2. The monoisotopic (exact) mass is 422 g/mol. The highest BCUT2D eigenvalue weighted by atomic mass is 35.5. The van der Waals surface area contributed by atoms with E-state index >= 15 is 0 Å². The Kier molecular flexibility index (Phi) is 5.70. The molecule has 2 rings (SSSR count). The number of nitrogens with one attached hydrogen (secondary N) is 2. The fourth-order valence-electron chi connectivity index (χ4n) is 2.16. The van der Waals surface area contributed by atoms with Crippen LogP contribution in [-0.2, 0) is 20.0 Å². The van der Waals surface area contributed by atoms with E-state index in [1.807, 2.05) is 0 Å². The van der Waals surface area contributed by atoms with Gasteiger partial charge in [-0.25, -0.2) is 21.6 Å². The van der Waals surface area contributed by atoms with Gasteiger partial charge in [0.15, 0.2) is 0 Å². The van der Waals surface area contributed by atoms with Gasteiger partial charge in [0.1, 0.15) is 4.90 Å². The van der Waals surface area contributed by atoms with Crippen LogP contribution in [0.15, 0.2) is 40.1 Å². The van der Waals surface area contributed by atoms with Crippen molar-refractivity contribution in [2.24, 2.45) is 0 Å². The van der Waals surface area contributed by atoms with Crippen molar-refractivity contribution in [3.8, 4) is 0 Å². The largest absolute Gasteiger partial charge is 0.280 e. The first-order valence-corrected chi connectivity index (χ1v) is 10.7. The first-order valence-electron chi connectivity index (χ1n) is 7.01. The minimum atomic E-state index is -4.01. The highest BCUT2D eigenvalue weighted by Crippen LogP contribution is 2.34. The lowest BCUT2D eigenvalue weighted by atomic mass is 10.2. The average molecular weight is 423 g/mol. The first kappa shape index (κ1) is 20.0. The normalized spacial score (nSPS) is 12.2. The maximum Gasteiger partial charge on any atom is 0.263 e. The van der Waals surface area contributed by atoms with Crippen molar-refractivity contribution in [1.82, 2.24) is 4.72 Å². The van der Waals surface area contributed by atoms with Gasteiger partial charge in [-0.15, -0.1) is 0 Å². The molecule has 10 heteroatoms. The van der Waals surface area contributed by atoms with Crippen molar-refractivity contribution < 1.29 is 16.8 Å². The topological polar surface area (TPSA) is 92.3 Å². The van der Waals surface area contributed by atoms with Gasteiger partial charge >= 0.3 is 0 Å². The second-order valence-corrected chi connectivity index (χ2v) is 9.57. The first-order chi connectivity index (χ1) is 11.5. The molecule has 0 radical (unpaired) electrons. The van der Waals surface area contributed by atoms with Crippen LogP contribution in [0.1, 0.15) is 11.1 Å². The summed E-state index contributed by atoms with van der Waals surface area (Å²) < 4.78 is 53.4. The van der Waals surface area contributed by atoms with Crippen LogP contribution in [0.3, 0.4) is 0 Å². The third-order valence-corrected chi connectivity index (χ3v) is 7.52. The SMILES string of the molecule is CNS(=O)(=O)c1ccc(NS(=O)(=O)c2c(C)c(Cl)cc(C)c2Cl)cc1. The van der Waals surface area contributed by atoms with Gasteiger partial charge in [-0.2, -0.15) is 0 Å². The Morgan fingerprint density at radius 2 is 1.48 bits per heavy atom. The van der Waals surface area contributed by atoms with E-state index in [2.05, 4.69) is 9.44 Å². The van der Waals surface area contributed by atoms with E-state index in [1.165, 1.54) is 31.3 Å². The second kappa shape index (κ2) is 7.13. The molecule has 0 atom stereocenters. The Balaban J connectivity index is 2.44. The van der Waals surface area contributed by atoms with E-state index < -0.39 is 20.0 Å². The molecule has 2 N–H and O–H groups in total. The highest BCUT2D eigenvalue weighted by Gasteiger charge is 2.24. The van der Waals surface area contributed by atoms with Crippen molar-refractivity contribution >= 4 is 48.9 Å². The third kappa shape index (κ3) is 4.09. The Hall–Kier alpha value is -1.32. The van der Waals surface area contributed by atoms with Crippen molar-refractivity contribution in [3.63, 3.8) is 0 Å². The molecule has 0 bridgehead atoms. The van der Waals surface area contributed by atoms with Crippen molar-refractivity contribution in [3.05, 3.63) is 51.5 Å². The van der Waals surface area contributed by atoms with E-state index in [1.54, 1.807) is 19.9 Å². The van der Waals surface area contributed by atoms with E-state index in [4.69, 9.17) is 23.2 Å². The lowest BCUT2D eigenvalue weighted by Crippen LogP contribution is -2.19. The van der Waals surface area contributed by atoms with Crippen molar-refractivity contribution in [2.75, 3.05) is 11.8 Å². The molecule has 0 aliphatic carbocycles. The van der Waals surface area contributed by atoms with Crippen molar-refractivity contribution in [1.29, 1.82) is 0 Å². The molecule has 0 aliphatic rings. The zero-order valence-electron chi connectivity index (χ0n) is 13.6. The van der Waals surface area contributed by atoms with Crippen molar-refractivity contribution in [2.45, 2.75) is 23.6 Å². The van der Waals surface area contributed by atoms with Gasteiger partial charge in [0.25, 0.3) is 10.0 Å². The van der Waals surface area contributed by atoms with E-state index in [9.17, 15) is 16.8 Å². The molecular weight excluding hydrogens is 407 g/mol. The molecule has 136 valence electrons. The smallest absolute Gasteiger partial charge is 0.263 e. The quantitative estimate of drug-likeness (QED) is 0.772. The number of sulfonamides is 2. The second-order valence-electron chi connectivity index (χ2n) is 5.28. The number of halogens is 2. The fourth-order valence-corrected chi connectivity index (χ4v) is 5.16. The molecule has 0 saturated carbocycles. The van der Waals surface area contributed by atoms with Gasteiger partial charge in [-0.1, -0.05) is 23.2 Å². The summed E-state index contributed by atoms with van der Waals surface area (Å²) in [6, 6.07) is 6.88. The number of aryl methyl sites for hydroxylation is 1. The van der Waals surface area contributed by atoms with Gasteiger partial charge in [0.05, 0.1) is 9.92 Å². The summed E-state index contributed by atoms with van der Waals surface area (Å²) >= 11 is 12.2. The van der Waals surface area contributed by atoms with Crippen LogP contribution in [0.5, 0.6) is 0 Å². The summed E-state index contributed by atoms with van der Waals surface area (Å²) in [6.45, 7) is 3.22. The average Bonchev–Trinajstić information content (AvgIpc) is 2.53. The van der Waals surface area contributed by atoms with Crippen LogP contribution < -0.4 is 9.44 Å². The molecule has 0 amide bonds. The predicted octanol–water partition coefficient (Wildman–Crippen LogP) is 3.32. The maximum absolute atomic E-state index is 12.7. The van der Waals surface area contributed by atoms with Gasteiger partial charge in [-0.3, -0.25) is 4.72 Å². The van der Waals surface area contributed by atoms with E-state index in [-0.39, 0.29) is 25.5 Å². The molecular formula is C15H16Cl2N2O4S2. The molecule has 0 heterocycles. The molecule has 2 aromatic carbocycles. The van der Waals surface area contributed by atoms with E-state index in [0.717, 1.165) is 0 Å². The third-order valence-electron chi connectivity index (χ3n) is 3.54. The summed E-state index contributed by atoms with van der Waals surface area (Å²) in [5.74, 6) is 0. The minimum Gasteiger partial charge on any atom is -0.280 e. The highest BCUT2D eigenvalue weighted by molar-refractivity contribution is 7.93.